The van der Waals surface area contributed by atoms with E-state index in [1.54, 1.807) is 6.07 Å². The molecule has 1 aromatic carbocycles. The summed E-state index contributed by atoms with van der Waals surface area (Å²) in [6, 6.07) is 8.68. The van der Waals surface area contributed by atoms with E-state index in [4.69, 9.17) is 4.74 Å². The predicted octanol–water partition coefficient (Wildman–Crippen LogP) is 4.06. The molecule has 3 aromatic rings. The van der Waals surface area contributed by atoms with Crippen molar-refractivity contribution in [1.82, 2.24) is 14.6 Å². The van der Waals surface area contributed by atoms with E-state index in [2.05, 4.69) is 22.3 Å². The van der Waals surface area contributed by atoms with Crippen molar-refractivity contribution in [1.29, 1.82) is 0 Å². The molecule has 2 heterocycles. The van der Waals surface area contributed by atoms with Crippen LogP contribution in [0, 0.1) is 5.92 Å². The smallest absolute Gasteiger partial charge is 0.275 e. The number of carbonyl (C=O) groups excluding carboxylic acids is 1. The third kappa shape index (κ3) is 5.20. The highest BCUT2D eigenvalue weighted by Crippen LogP contribution is 2.20. The number of hydrogen-bond acceptors (Lipinski definition) is 6. The molecule has 0 radical (unpaired) electrons. The van der Waals surface area contributed by atoms with Gasteiger partial charge in [-0.2, -0.15) is 9.61 Å². The van der Waals surface area contributed by atoms with Crippen LogP contribution in [0.25, 0.3) is 4.96 Å². The Morgan fingerprint density at radius 1 is 1.24 bits per heavy atom. The molecule has 0 atom stereocenters. The third-order valence-electron chi connectivity index (χ3n) is 4.65. The van der Waals surface area contributed by atoms with Gasteiger partial charge in [0.2, 0.25) is 10.9 Å². The van der Waals surface area contributed by atoms with Gasteiger partial charge in [-0.1, -0.05) is 38.2 Å². The topological polar surface area (TPSA) is 85.6 Å². The zero-order valence-corrected chi connectivity index (χ0v) is 17.8. The quantitative estimate of drug-likeness (QED) is 0.571. The first-order valence-corrected chi connectivity index (χ1v) is 10.8. The molecule has 0 spiro atoms. The fraction of sp³-hybridized carbons (Fsp3) is 0.429. The van der Waals surface area contributed by atoms with E-state index in [-0.39, 0.29) is 24.0 Å². The zero-order chi connectivity index (χ0) is 20.8. The molecule has 0 unspecified atom stereocenters. The lowest BCUT2D eigenvalue weighted by Crippen LogP contribution is -2.21. The summed E-state index contributed by atoms with van der Waals surface area (Å²) in [6.07, 6.45) is 3.41. The average molecular weight is 415 g/mol. The average Bonchev–Trinajstić information content (AvgIpc) is 3.11. The number of anilines is 1. The van der Waals surface area contributed by atoms with Crippen LogP contribution in [-0.2, 0) is 17.8 Å². The second kappa shape index (κ2) is 9.65. The van der Waals surface area contributed by atoms with Crippen molar-refractivity contribution in [2.45, 2.75) is 53.1 Å². The van der Waals surface area contributed by atoms with Crippen molar-refractivity contribution in [3.05, 3.63) is 51.4 Å². The highest BCUT2D eigenvalue weighted by molar-refractivity contribution is 7.16. The number of nitrogens with zero attached hydrogens (tertiary/aromatic N) is 3. The number of hydrogen-bond donors (Lipinski definition) is 1. The first kappa shape index (κ1) is 21.0. The van der Waals surface area contributed by atoms with Crippen LogP contribution in [0.2, 0.25) is 0 Å². The lowest BCUT2D eigenvalue weighted by molar-refractivity contribution is -0.120. The van der Waals surface area contributed by atoms with Crippen LogP contribution in [0.4, 0.5) is 5.69 Å². The standard InChI is InChI=1S/C21H26N4O3S/c1-4-8-18-24-25-19(26)12-16(23-21(25)29-18)13-28-17-10-7-9-15(11-17)22-20(27)14(5-2)6-3/h7,9-12,14H,4-6,8,13H2,1-3H3,(H,22,27). The largest absolute Gasteiger partial charge is 0.487 e. The van der Waals surface area contributed by atoms with Crippen LogP contribution in [0.15, 0.2) is 35.1 Å². The molecule has 0 saturated heterocycles. The minimum Gasteiger partial charge on any atom is -0.487 e. The fourth-order valence-corrected chi connectivity index (χ4v) is 4.03. The number of aryl methyl sites for hydroxylation is 1. The Morgan fingerprint density at radius 2 is 2.03 bits per heavy atom. The molecule has 1 N–H and O–H groups in total. The molecule has 8 heteroatoms. The molecule has 3 rings (SSSR count). The van der Waals surface area contributed by atoms with Crippen molar-refractivity contribution in [3.63, 3.8) is 0 Å². The minimum atomic E-state index is -0.210. The van der Waals surface area contributed by atoms with Crippen LogP contribution in [0.5, 0.6) is 5.75 Å². The van der Waals surface area contributed by atoms with Gasteiger partial charge in [-0.25, -0.2) is 4.98 Å². The molecule has 0 saturated carbocycles. The van der Waals surface area contributed by atoms with E-state index in [1.165, 1.54) is 21.9 Å². The summed E-state index contributed by atoms with van der Waals surface area (Å²) in [5.41, 5.74) is 1.03. The van der Waals surface area contributed by atoms with Gasteiger partial charge in [-0.3, -0.25) is 9.59 Å². The first-order valence-electron chi connectivity index (χ1n) is 9.96. The van der Waals surface area contributed by atoms with Gasteiger partial charge in [0.1, 0.15) is 17.4 Å². The van der Waals surface area contributed by atoms with Gasteiger partial charge >= 0.3 is 0 Å². The van der Waals surface area contributed by atoms with E-state index in [9.17, 15) is 9.59 Å². The lowest BCUT2D eigenvalue weighted by atomic mass is 10.0. The Hall–Kier alpha value is -2.74. The molecule has 0 aliphatic rings. The second-order valence-corrected chi connectivity index (χ2v) is 7.89. The van der Waals surface area contributed by atoms with Gasteiger partial charge in [0, 0.05) is 30.2 Å². The van der Waals surface area contributed by atoms with Gasteiger partial charge in [0.05, 0.1) is 5.69 Å². The highest BCUT2D eigenvalue weighted by atomic mass is 32.1. The fourth-order valence-electron chi connectivity index (χ4n) is 3.01. The van der Waals surface area contributed by atoms with Crippen molar-refractivity contribution in [2.24, 2.45) is 5.92 Å². The minimum absolute atomic E-state index is 0.000446. The van der Waals surface area contributed by atoms with Gasteiger partial charge < -0.3 is 10.1 Å². The number of rotatable bonds is 9. The maximum absolute atomic E-state index is 12.3. The predicted molar refractivity (Wildman–Crippen MR) is 115 cm³/mol. The molecular formula is C21H26N4O3S. The summed E-state index contributed by atoms with van der Waals surface area (Å²) < 4.78 is 7.15. The molecule has 0 bridgehead atoms. The van der Waals surface area contributed by atoms with Gasteiger partial charge in [-0.15, -0.1) is 0 Å². The normalized spacial score (nSPS) is 11.2. The van der Waals surface area contributed by atoms with Crippen LogP contribution in [0.3, 0.4) is 0 Å². The number of amides is 1. The second-order valence-electron chi connectivity index (χ2n) is 6.85. The van der Waals surface area contributed by atoms with E-state index < -0.39 is 0 Å². The Kier molecular flexibility index (Phi) is 6.98. The summed E-state index contributed by atoms with van der Waals surface area (Å²) in [7, 11) is 0. The third-order valence-corrected chi connectivity index (χ3v) is 5.62. The molecule has 1 amide bonds. The van der Waals surface area contributed by atoms with Crippen molar-refractivity contribution >= 4 is 27.9 Å². The maximum Gasteiger partial charge on any atom is 0.275 e. The van der Waals surface area contributed by atoms with E-state index in [1.807, 2.05) is 32.0 Å². The summed E-state index contributed by atoms with van der Waals surface area (Å²) in [5.74, 6) is 0.617. The van der Waals surface area contributed by atoms with Gasteiger partial charge in [-0.05, 0) is 31.4 Å². The SMILES string of the molecule is CCCc1nn2c(=O)cc(COc3cccc(NC(=O)C(CC)CC)c3)nc2s1. The van der Waals surface area contributed by atoms with Crippen LogP contribution in [-0.4, -0.2) is 20.5 Å². The molecule has 0 aliphatic carbocycles. The number of fused-ring (bicyclic) bond motifs is 1. The molecule has 0 fully saturated rings. The van der Waals surface area contributed by atoms with E-state index >= 15 is 0 Å². The van der Waals surface area contributed by atoms with Crippen molar-refractivity contribution in [2.75, 3.05) is 5.32 Å². The molecular weight excluding hydrogens is 388 g/mol. The van der Waals surface area contributed by atoms with Crippen molar-refractivity contribution < 1.29 is 9.53 Å². The Balaban J connectivity index is 1.70. The Labute approximate surface area is 173 Å². The van der Waals surface area contributed by atoms with Gasteiger partial charge in [0.15, 0.2) is 0 Å². The van der Waals surface area contributed by atoms with Gasteiger partial charge in [0.25, 0.3) is 5.56 Å². The van der Waals surface area contributed by atoms with Crippen LogP contribution >= 0.6 is 11.3 Å². The number of benzene rings is 1. The molecule has 7 nitrogen and oxygen atoms in total. The van der Waals surface area contributed by atoms with Crippen LogP contribution < -0.4 is 15.6 Å². The van der Waals surface area contributed by atoms with E-state index in [0.717, 1.165) is 30.7 Å². The molecule has 29 heavy (non-hydrogen) atoms. The zero-order valence-electron chi connectivity index (χ0n) is 17.0. The Bertz CT molecular complexity index is 1040. The number of ether oxygens (including phenoxy) is 1. The van der Waals surface area contributed by atoms with E-state index in [0.29, 0.717) is 22.1 Å². The molecule has 2 aromatic heterocycles. The van der Waals surface area contributed by atoms with Crippen LogP contribution in [0.1, 0.15) is 50.7 Å². The molecule has 154 valence electrons. The highest BCUT2D eigenvalue weighted by Gasteiger charge is 2.14. The Morgan fingerprint density at radius 3 is 2.76 bits per heavy atom. The first-order chi connectivity index (χ1) is 14.0. The lowest BCUT2D eigenvalue weighted by Gasteiger charge is -2.13. The number of nitrogens with one attached hydrogen (secondary N) is 1. The summed E-state index contributed by atoms with van der Waals surface area (Å²) >= 11 is 1.43. The summed E-state index contributed by atoms with van der Waals surface area (Å²) in [6.45, 7) is 6.25. The number of aromatic nitrogens is 3. The monoisotopic (exact) mass is 414 g/mol. The molecule has 0 aliphatic heterocycles. The van der Waals surface area contributed by atoms with Crippen molar-refractivity contribution in [3.8, 4) is 5.75 Å². The summed E-state index contributed by atoms with van der Waals surface area (Å²) in [4.78, 5) is 29.6. The number of carbonyl (C=O) groups is 1. The summed E-state index contributed by atoms with van der Waals surface area (Å²) in [5, 5.41) is 8.14. The maximum atomic E-state index is 12.3.